The second-order valence-electron chi connectivity index (χ2n) is 8.25. The van der Waals surface area contributed by atoms with E-state index < -0.39 is 17.5 Å². The van der Waals surface area contributed by atoms with E-state index in [1.807, 2.05) is 4.57 Å². The molecule has 3 aromatic heterocycles. The van der Waals surface area contributed by atoms with Gasteiger partial charge >= 0.3 is 0 Å². The van der Waals surface area contributed by atoms with Gasteiger partial charge < -0.3 is 15.2 Å². The van der Waals surface area contributed by atoms with E-state index in [0.717, 1.165) is 44.3 Å². The van der Waals surface area contributed by atoms with Gasteiger partial charge in [-0.1, -0.05) is 17.7 Å². The van der Waals surface area contributed by atoms with Gasteiger partial charge in [0.1, 0.15) is 22.3 Å². The van der Waals surface area contributed by atoms with Crippen LogP contribution in [0, 0.1) is 23.4 Å². The minimum atomic E-state index is -0.917. The summed E-state index contributed by atoms with van der Waals surface area (Å²) in [6.45, 7) is 2.63. The zero-order chi connectivity index (χ0) is 23.7. The van der Waals surface area contributed by atoms with Crippen LogP contribution in [-0.4, -0.2) is 37.6 Å². The Morgan fingerprint density at radius 1 is 1.09 bits per heavy atom. The summed E-state index contributed by atoms with van der Waals surface area (Å²) in [4.78, 5) is 17.5. The lowest BCUT2D eigenvalue weighted by molar-refractivity contribution is 0.341. The van der Waals surface area contributed by atoms with E-state index in [1.165, 1.54) is 12.1 Å². The molecule has 7 nitrogen and oxygen atoms in total. The number of halogens is 4. The molecular weight excluding hydrogens is 467 g/mol. The van der Waals surface area contributed by atoms with Crippen LogP contribution in [0.2, 0.25) is 5.15 Å². The number of nitrogens with zero attached hydrogens (tertiary/aromatic N) is 5. The van der Waals surface area contributed by atoms with Crippen molar-refractivity contribution >= 4 is 28.7 Å². The van der Waals surface area contributed by atoms with Crippen LogP contribution in [0.1, 0.15) is 18.4 Å². The van der Waals surface area contributed by atoms with Gasteiger partial charge in [-0.25, -0.2) is 28.1 Å². The van der Waals surface area contributed by atoms with Gasteiger partial charge in [0.2, 0.25) is 5.95 Å². The van der Waals surface area contributed by atoms with Crippen molar-refractivity contribution in [2.75, 3.05) is 18.4 Å². The highest BCUT2D eigenvalue weighted by atomic mass is 35.5. The summed E-state index contributed by atoms with van der Waals surface area (Å²) < 4.78 is 42.6. The first kappa shape index (κ1) is 22.5. The van der Waals surface area contributed by atoms with Crippen LogP contribution in [-0.2, 0) is 13.1 Å². The highest BCUT2D eigenvalue weighted by Gasteiger charge is 2.22. The molecule has 1 aliphatic rings. The van der Waals surface area contributed by atoms with Crippen LogP contribution in [0.15, 0.2) is 36.7 Å². The number of aromatic nitrogens is 5. The second kappa shape index (κ2) is 9.55. The van der Waals surface area contributed by atoms with E-state index in [9.17, 15) is 13.2 Å². The van der Waals surface area contributed by atoms with Crippen LogP contribution in [0.5, 0.6) is 0 Å². The minimum absolute atomic E-state index is 0.143. The maximum atomic E-state index is 14.0. The van der Waals surface area contributed by atoms with Gasteiger partial charge in [0.05, 0.1) is 18.0 Å². The van der Waals surface area contributed by atoms with E-state index in [4.69, 9.17) is 11.6 Å². The van der Waals surface area contributed by atoms with E-state index in [2.05, 4.69) is 30.6 Å². The van der Waals surface area contributed by atoms with E-state index in [0.29, 0.717) is 46.5 Å². The molecule has 1 aromatic carbocycles. The summed E-state index contributed by atoms with van der Waals surface area (Å²) in [6, 6.07) is 4.99. The van der Waals surface area contributed by atoms with Crippen LogP contribution in [0.4, 0.5) is 19.1 Å². The molecule has 11 heteroatoms. The summed E-state index contributed by atoms with van der Waals surface area (Å²) in [5.41, 5.74) is 2.00. The van der Waals surface area contributed by atoms with Crippen molar-refractivity contribution in [2.24, 2.45) is 5.92 Å². The fourth-order valence-electron chi connectivity index (χ4n) is 4.13. The number of anilines is 1. The number of nitrogens with one attached hydrogen (secondary N) is 2. The molecule has 4 aromatic rings. The maximum absolute atomic E-state index is 14.0. The largest absolute Gasteiger partial charge is 0.350 e. The predicted octanol–water partition coefficient (Wildman–Crippen LogP) is 4.57. The highest BCUT2D eigenvalue weighted by molar-refractivity contribution is 6.32. The lowest BCUT2D eigenvalue weighted by Crippen LogP contribution is -2.32. The summed E-state index contributed by atoms with van der Waals surface area (Å²) in [6.07, 6.45) is 4.72. The maximum Gasteiger partial charge on any atom is 0.225 e. The molecular formula is C23H21ClF3N7. The van der Waals surface area contributed by atoms with E-state index >= 15 is 0 Å². The Labute approximate surface area is 198 Å². The van der Waals surface area contributed by atoms with Crippen molar-refractivity contribution in [2.45, 2.75) is 25.9 Å². The molecule has 0 saturated carbocycles. The van der Waals surface area contributed by atoms with Crippen molar-refractivity contribution in [3.05, 3.63) is 64.8 Å². The van der Waals surface area contributed by atoms with Crippen LogP contribution in [0.25, 0.3) is 22.6 Å². The first-order valence-electron chi connectivity index (χ1n) is 10.9. The number of benzene rings is 1. The number of hydrogen-bond acceptors (Lipinski definition) is 6. The standard InChI is InChI=1S/C23H21ClF3N7/c24-20-16(7-15(25)10-29-20)21-32-19-11-31-23(30-9-13-3-4-17(26)18(27)6-13)33-22(19)34(21)12-14-2-1-5-28-8-14/h3-4,6-7,10-11,14,28H,1-2,5,8-9,12H2,(H,30,31,33)/t14-/m0/s1. The summed E-state index contributed by atoms with van der Waals surface area (Å²) >= 11 is 6.30. The molecule has 4 heterocycles. The Kier molecular flexibility index (Phi) is 6.34. The summed E-state index contributed by atoms with van der Waals surface area (Å²) in [5, 5.41) is 6.58. The molecule has 0 radical (unpaired) electrons. The molecule has 1 atom stereocenters. The Morgan fingerprint density at radius 2 is 1.97 bits per heavy atom. The third-order valence-corrected chi connectivity index (χ3v) is 6.11. The first-order chi connectivity index (χ1) is 16.5. The van der Waals surface area contributed by atoms with Crippen molar-refractivity contribution in [3.8, 4) is 11.4 Å². The molecule has 5 rings (SSSR count). The third-order valence-electron chi connectivity index (χ3n) is 5.81. The van der Waals surface area contributed by atoms with Gasteiger partial charge in [0.15, 0.2) is 17.3 Å². The van der Waals surface area contributed by atoms with Gasteiger partial charge in [0, 0.05) is 13.1 Å². The number of rotatable bonds is 6. The molecule has 34 heavy (non-hydrogen) atoms. The van der Waals surface area contributed by atoms with Crippen molar-refractivity contribution in [1.82, 2.24) is 29.8 Å². The smallest absolute Gasteiger partial charge is 0.225 e. The lowest BCUT2D eigenvalue weighted by Gasteiger charge is -2.24. The second-order valence-corrected chi connectivity index (χ2v) is 8.61. The van der Waals surface area contributed by atoms with Crippen LogP contribution in [0.3, 0.4) is 0 Å². The SMILES string of the molecule is Fc1cnc(Cl)c(-c2nc3cnc(NCc4ccc(F)c(F)c4)nc3n2C[C@H]2CCCNC2)c1. The minimum Gasteiger partial charge on any atom is -0.350 e. The average Bonchev–Trinajstić information content (AvgIpc) is 3.19. The topological polar surface area (TPSA) is 80.6 Å². The van der Waals surface area contributed by atoms with Crippen molar-refractivity contribution < 1.29 is 13.2 Å². The van der Waals surface area contributed by atoms with Crippen molar-refractivity contribution in [3.63, 3.8) is 0 Å². The van der Waals surface area contributed by atoms with E-state index in [-0.39, 0.29) is 11.7 Å². The number of hydrogen-bond donors (Lipinski definition) is 2. The molecule has 1 saturated heterocycles. The Bertz CT molecular complexity index is 1340. The Hall–Kier alpha value is -3.24. The zero-order valence-corrected chi connectivity index (χ0v) is 18.8. The number of imidazole rings is 1. The Balaban J connectivity index is 1.51. The summed E-state index contributed by atoms with van der Waals surface area (Å²) in [5.74, 6) is -1.24. The van der Waals surface area contributed by atoms with Gasteiger partial charge in [-0.3, -0.25) is 0 Å². The Morgan fingerprint density at radius 3 is 2.76 bits per heavy atom. The zero-order valence-electron chi connectivity index (χ0n) is 18.0. The fraction of sp³-hybridized carbons (Fsp3) is 0.304. The molecule has 2 N–H and O–H groups in total. The first-order valence-corrected chi connectivity index (χ1v) is 11.3. The predicted molar refractivity (Wildman–Crippen MR) is 123 cm³/mol. The molecule has 0 amide bonds. The van der Waals surface area contributed by atoms with Gasteiger partial charge in [-0.2, -0.15) is 4.98 Å². The molecule has 1 aliphatic heterocycles. The van der Waals surface area contributed by atoms with Gasteiger partial charge in [0.25, 0.3) is 0 Å². The molecule has 0 spiro atoms. The van der Waals surface area contributed by atoms with Crippen LogP contribution >= 0.6 is 11.6 Å². The number of pyridine rings is 1. The quantitative estimate of drug-likeness (QED) is 0.388. The normalized spacial score (nSPS) is 16.2. The highest BCUT2D eigenvalue weighted by Crippen LogP contribution is 2.30. The van der Waals surface area contributed by atoms with Crippen molar-refractivity contribution in [1.29, 1.82) is 0 Å². The molecule has 0 bridgehead atoms. The van der Waals surface area contributed by atoms with Gasteiger partial charge in [-0.15, -0.1) is 0 Å². The molecule has 1 fully saturated rings. The lowest BCUT2D eigenvalue weighted by atomic mass is 9.99. The number of fused-ring (bicyclic) bond motifs is 1. The molecule has 0 aliphatic carbocycles. The monoisotopic (exact) mass is 487 g/mol. The summed E-state index contributed by atoms with van der Waals surface area (Å²) in [7, 11) is 0. The molecule has 176 valence electrons. The average molecular weight is 488 g/mol. The van der Waals surface area contributed by atoms with Gasteiger partial charge in [-0.05, 0) is 55.6 Å². The van der Waals surface area contributed by atoms with E-state index in [1.54, 1.807) is 6.20 Å². The van der Waals surface area contributed by atoms with Crippen LogP contribution < -0.4 is 10.6 Å². The third kappa shape index (κ3) is 4.69. The molecule has 0 unspecified atom stereocenters. The number of piperidine rings is 1. The fourth-order valence-corrected chi connectivity index (χ4v) is 4.32.